The maximum absolute atomic E-state index is 11.2. The van der Waals surface area contributed by atoms with E-state index in [0.29, 0.717) is 6.54 Å². The molecule has 0 fully saturated rings. The van der Waals surface area contributed by atoms with E-state index in [1.54, 1.807) is 6.07 Å². The molecule has 0 aliphatic heterocycles. The number of unbranched alkanes of at least 4 members (excludes halogenated alkanes) is 5. The van der Waals surface area contributed by atoms with Crippen molar-refractivity contribution in [1.82, 2.24) is 5.32 Å². The summed E-state index contributed by atoms with van der Waals surface area (Å²) in [5.41, 5.74) is -0.0239. The van der Waals surface area contributed by atoms with E-state index >= 15 is 0 Å². The van der Waals surface area contributed by atoms with E-state index in [2.05, 4.69) is 18.8 Å². The van der Waals surface area contributed by atoms with E-state index in [9.17, 15) is 4.79 Å². The van der Waals surface area contributed by atoms with E-state index in [-0.39, 0.29) is 11.5 Å². The zero-order chi connectivity index (χ0) is 14.3. The molecule has 0 aromatic carbocycles. The minimum atomic E-state index is -0.355. The number of carbonyl (C=O) groups excluding carboxylic acids is 1. The minimum Gasteiger partial charge on any atom is -0.381 e. The molecule has 0 unspecified atom stereocenters. The predicted octanol–water partition coefficient (Wildman–Crippen LogP) is 2.95. The van der Waals surface area contributed by atoms with Crippen LogP contribution in [0, 0.1) is 11.3 Å². The zero-order valence-corrected chi connectivity index (χ0v) is 12.0. The highest BCUT2D eigenvalue weighted by Crippen LogP contribution is 2.03. The minimum absolute atomic E-state index is 0.0239. The molecule has 0 rings (SSSR count). The van der Waals surface area contributed by atoms with E-state index < -0.39 is 0 Å². The van der Waals surface area contributed by atoms with Crippen LogP contribution in [0.4, 0.5) is 0 Å². The molecule has 1 amide bonds. The fraction of sp³-hybridized carbons (Fsp3) is 0.733. The summed E-state index contributed by atoms with van der Waals surface area (Å²) in [6.07, 6.45) is 7.81. The van der Waals surface area contributed by atoms with E-state index in [0.717, 1.165) is 45.3 Å². The lowest BCUT2D eigenvalue weighted by Gasteiger charge is -2.04. The first-order valence-electron chi connectivity index (χ1n) is 7.17. The number of nitrogens with zero attached hydrogens (tertiary/aromatic N) is 1. The Kier molecular flexibility index (Phi) is 12.2. The van der Waals surface area contributed by atoms with Gasteiger partial charge in [0, 0.05) is 19.8 Å². The molecule has 4 nitrogen and oxygen atoms in total. The lowest BCUT2D eigenvalue weighted by Crippen LogP contribution is -2.25. The van der Waals surface area contributed by atoms with Crippen molar-refractivity contribution in [2.75, 3.05) is 19.8 Å². The number of carbonyl (C=O) groups is 1. The van der Waals surface area contributed by atoms with Crippen LogP contribution in [0.25, 0.3) is 0 Å². The molecule has 0 bridgehead atoms. The Morgan fingerprint density at radius 1 is 1.16 bits per heavy atom. The fourth-order valence-electron chi connectivity index (χ4n) is 1.57. The van der Waals surface area contributed by atoms with E-state index in [4.69, 9.17) is 10.00 Å². The lowest BCUT2D eigenvalue weighted by atomic mass is 10.1. The molecule has 0 heterocycles. The van der Waals surface area contributed by atoms with E-state index in [1.807, 2.05) is 0 Å². The summed E-state index contributed by atoms with van der Waals surface area (Å²) in [5.74, 6) is -0.355. The van der Waals surface area contributed by atoms with Gasteiger partial charge in [-0.3, -0.25) is 4.79 Å². The Morgan fingerprint density at radius 2 is 1.79 bits per heavy atom. The molecule has 0 aromatic rings. The number of hydrogen-bond acceptors (Lipinski definition) is 3. The second kappa shape index (κ2) is 13.1. The van der Waals surface area contributed by atoms with Crippen molar-refractivity contribution in [3.05, 3.63) is 12.2 Å². The van der Waals surface area contributed by atoms with Gasteiger partial charge >= 0.3 is 0 Å². The Hall–Kier alpha value is -1.34. The molecule has 19 heavy (non-hydrogen) atoms. The highest BCUT2D eigenvalue weighted by atomic mass is 16.5. The Bertz CT molecular complexity index is 295. The normalized spacial score (nSPS) is 9.89. The van der Waals surface area contributed by atoms with Gasteiger partial charge in [-0.15, -0.1) is 0 Å². The molecule has 0 saturated heterocycles. The molecule has 0 aliphatic rings. The summed E-state index contributed by atoms with van der Waals surface area (Å²) in [5, 5.41) is 11.1. The lowest BCUT2D eigenvalue weighted by molar-refractivity contribution is -0.117. The van der Waals surface area contributed by atoms with Crippen molar-refractivity contribution in [1.29, 1.82) is 5.26 Å². The number of nitrogens with one attached hydrogen (secondary N) is 1. The SMILES string of the molecule is C=C(C#N)C(=O)NCCCCCCCOCCCC. The van der Waals surface area contributed by atoms with Crippen LogP contribution >= 0.6 is 0 Å². The second-order valence-corrected chi connectivity index (χ2v) is 4.58. The third-order valence-electron chi connectivity index (χ3n) is 2.80. The predicted molar refractivity (Wildman–Crippen MR) is 76.6 cm³/mol. The molecule has 0 radical (unpaired) electrons. The quantitative estimate of drug-likeness (QED) is 0.335. The number of hydrogen-bond donors (Lipinski definition) is 1. The first-order valence-corrected chi connectivity index (χ1v) is 7.17. The van der Waals surface area contributed by atoms with Gasteiger partial charge in [-0.25, -0.2) is 0 Å². The zero-order valence-electron chi connectivity index (χ0n) is 12.0. The van der Waals surface area contributed by atoms with Gasteiger partial charge in [-0.05, 0) is 19.3 Å². The molecule has 0 saturated carbocycles. The Labute approximate surface area is 116 Å². The van der Waals surface area contributed by atoms with Crippen molar-refractivity contribution in [2.45, 2.75) is 51.9 Å². The van der Waals surface area contributed by atoms with Gasteiger partial charge in [0.25, 0.3) is 5.91 Å². The molecule has 4 heteroatoms. The molecule has 0 atom stereocenters. The topological polar surface area (TPSA) is 62.1 Å². The average molecular weight is 266 g/mol. The van der Waals surface area contributed by atoms with Gasteiger partial charge in [0.05, 0.1) is 0 Å². The third kappa shape index (κ3) is 11.5. The summed E-state index contributed by atoms with van der Waals surface area (Å²) >= 11 is 0. The third-order valence-corrected chi connectivity index (χ3v) is 2.80. The summed E-state index contributed by atoms with van der Waals surface area (Å²) in [7, 11) is 0. The highest BCUT2D eigenvalue weighted by Gasteiger charge is 2.03. The Morgan fingerprint density at radius 3 is 2.47 bits per heavy atom. The van der Waals surface area contributed by atoms with Crippen LogP contribution in [0.5, 0.6) is 0 Å². The smallest absolute Gasteiger partial charge is 0.261 e. The second-order valence-electron chi connectivity index (χ2n) is 4.58. The molecule has 0 aromatic heterocycles. The van der Waals surface area contributed by atoms with Gasteiger partial charge in [-0.1, -0.05) is 39.2 Å². The number of ether oxygens (including phenoxy) is 1. The molecule has 108 valence electrons. The van der Waals surface area contributed by atoms with Gasteiger partial charge in [0.15, 0.2) is 0 Å². The first kappa shape index (κ1) is 17.7. The van der Waals surface area contributed by atoms with Crippen molar-refractivity contribution >= 4 is 5.91 Å². The van der Waals surface area contributed by atoms with Crippen molar-refractivity contribution < 1.29 is 9.53 Å². The van der Waals surface area contributed by atoms with Crippen LogP contribution < -0.4 is 5.32 Å². The summed E-state index contributed by atoms with van der Waals surface area (Å²) in [6, 6.07) is 1.73. The van der Waals surface area contributed by atoms with Gasteiger partial charge in [-0.2, -0.15) is 5.26 Å². The number of rotatable bonds is 12. The van der Waals surface area contributed by atoms with Gasteiger partial charge in [0.2, 0.25) is 0 Å². The van der Waals surface area contributed by atoms with Crippen LogP contribution in [0.2, 0.25) is 0 Å². The van der Waals surface area contributed by atoms with Crippen LogP contribution in [0.1, 0.15) is 51.9 Å². The van der Waals surface area contributed by atoms with Crippen molar-refractivity contribution in [3.63, 3.8) is 0 Å². The highest BCUT2D eigenvalue weighted by molar-refractivity contribution is 5.96. The molecule has 1 N–H and O–H groups in total. The monoisotopic (exact) mass is 266 g/mol. The molecule has 0 spiro atoms. The van der Waals surface area contributed by atoms with Crippen molar-refractivity contribution in [3.8, 4) is 6.07 Å². The maximum atomic E-state index is 11.2. The van der Waals surface area contributed by atoms with Crippen LogP contribution in [0.15, 0.2) is 12.2 Å². The number of amides is 1. The van der Waals surface area contributed by atoms with Crippen molar-refractivity contribution in [2.24, 2.45) is 0 Å². The summed E-state index contributed by atoms with van der Waals surface area (Å²) < 4.78 is 5.47. The summed E-state index contributed by atoms with van der Waals surface area (Å²) in [6.45, 7) is 7.87. The van der Waals surface area contributed by atoms with Gasteiger partial charge < -0.3 is 10.1 Å². The molecule has 0 aliphatic carbocycles. The molecular formula is C15H26N2O2. The maximum Gasteiger partial charge on any atom is 0.261 e. The standard InChI is InChI=1S/C15H26N2O2/c1-3-4-11-19-12-9-7-5-6-8-10-17-15(18)14(2)13-16/h2-12H2,1H3,(H,17,18). The fourth-order valence-corrected chi connectivity index (χ4v) is 1.57. The van der Waals surface area contributed by atoms with E-state index in [1.165, 1.54) is 12.8 Å². The van der Waals surface area contributed by atoms with Gasteiger partial charge in [0.1, 0.15) is 11.6 Å². The Balaban J connectivity index is 3.17. The summed E-state index contributed by atoms with van der Waals surface area (Å²) in [4.78, 5) is 11.2. The first-order chi connectivity index (χ1) is 9.22. The van der Waals surface area contributed by atoms with Crippen LogP contribution in [0.3, 0.4) is 0 Å². The number of nitriles is 1. The molecular weight excluding hydrogens is 240 g/mol. The van der Waals surface area contributed by atoms with Crippen LogP contribution in [-0.4, -0.2) is 25.7 Å². The van der Waals surface area contributed by atoms with Crippen LogP contribution in [-0.2, 0) is 9.53 Å². The average Bonchev–Trinajstić information content (AvgIpc) is 2.43. The largest absolute Gasteiger partial charge is 0.381 e.